The van der Waals surface area contributed by atoms with E-state index >= 15 is 0 Å². The van der Waals surface area contributed by atoms with Crippen molar-refractivity contribution < 1.29 is 17.9 Å². The van der Waals surface area contributed by atoms with Gasteiger partial charge < -0.3 is 10.1 Å². The number of carbonyl (C=O) groups excluding carboxylic acids is 1. The van der Waals surface area contributed by atoms with Gasteiger partial charge in [-0.25, -0.2) is 8.42 Å². The Morgan fingerprint density at radius 2 is 2.03 bits per heavy atom. The summed E-state index contributed by atoms with van der Waals surface area (Å²) < 4.78 is 35.4. The Balaban J connectivity index is 1.38. The van der Waals surface area contributed by atoms with Gasteiger partial charge >= 0.3 is 0 Å². The molecule has 1 N–H and O–H groups in total. The minimum Gasteiger partial charge on any atom is -0.490 e. The van der Waals surface area contributed by atoms with Gasteiger partial charge in [0.25, 0.3) is 0 Å². The third-order valence-electron chi connectivity index (χ3n) is 5.91. The molecular formula is C22H24N6O4S. The van der Waals surface area contributed by atoms with Crippen LogP contribution in [0, 0.1) is 0 Å². The van der Waals surface area contributed by atoms with Gasteiger partial charge in [0, 0.05) is 50.8 Å². The van der Waals surface area contributed by atoms with Gasteiger partial charge in [-0.1, -0.05) is 6.07 Å². The van der Waals surface area contributed by atoms with Crippen LogP contribution in [-0.4, -0.2) is 77.1 Å². The lowest BCUT2D eigenvalue weighted by Crippen LogP contribution is -2.57. The smallest absolute Gasteiger partial charge is 0.244 e. The molecule has 0 spiro atoms. The molecule has 1 saturated heterocycles. The molecule has 1 aromatic carbocycles. The van der Waals surface area contributed by atoms with Crippen molar-refractivity contribution in [1.29, 1.82) is 0 Å². The molecule has 1 amide bonds. The molecule has 0 aliphatic carbocycles. The van der Waals surface area contributed by atoms with Crippen molar-refractivity contribution in [2.24, 2.45) is 7.05 Å². The lowest BCUT2D eigenvalue weighted by atomic mass is 10.1. The predicted octanol–water partition coefficient (Wildman–Crippen LogP) is 1.19. The largest absolute Gasteiger partial charge is 0.490 e. The van der Waals surface area contributed by atoms with E-state index in [1.54, 1.807) is 23.1 Å². The standard InChI is InChI=1S/C22H24N6O4S/c1-26-12-17(10-24-26)16-4-5-21-20(9-16)25-22(29)14-27-7-8-28(13-18(27)15-32-21)33(30,31)19-3-2-6-23-11-19/h2-6,9-12,18H,7-8,13-15H2,1H3,(H,25,29)/t18-/m0/s1. The van der Waals surface area contributed by atoms with Gasteiger partial charge in [0.15, 0.2) is 0 Å². The Hall–Kier alpha value is -3.28. The van der Waals surface area contributed by atoms with E-state index < -0.39 is 10.0 Å². The molecule has 172 valence electrons. The number of benzene rings is 1. The summed E-state index contributed by atoms with van der Waals surface area (Å²) in [4.78, 5) is 18.9. The number of hydrogen-bond donors (Lipinski definition) is 1. The summed E-state index contributed by atoms with van der Waals surface area (Å²) in [5.74, 6) is 0.378. The summed E-state index contributed by atoms with van der Waals surface area (Å²) >= 11 is 0. The predicted molar refractivity (Wildman–Crippen MR) is 121 cm³/mol. The fourth-order valence-electron chi connectivity index (χ4n) is 4.16. The quantitative estimate of drug-likeness (QED) is 0.615. The lowest BCUT2D eigenvalue weighted by molar-refractivity contribution is -0.118. The highest BCUT2D eigenvalue weighted by molar-refractivity contribution is 7.89. The molecule has 3 aromatic rings. The molecule has 0 radical (unpaired) electrons. The van der Waals surface area contributed by atoms with Crippen molar-refractivity contribution in [3.05, 3.63) is 55.1 Å². The molecule has 2 aromatic heterocycles. The van der Waals surface area contributed by atoms with Crippen LogP contribution >= 0.6 is 0 Å². The number of anilines is 1. The molecule has 2 aliphatic rings. The minimum atomic E-state index is -3.67. The molecule has 1 fully saturated rings. The van der Waals surface area contributed by atoms with Crippen LogP contribution in [0.2, 0.25) is 0 Å². The van der Waals surface area contributed by atoms with Crippen LogP contribution in [0.5, 0.6) is 5.75 Å². The van der Waals surface area contributed by atoms with Crippen molar-refractivity contribution in [3.8, 4) is 16.9 Å². The van der Waals surface area contributed by atoms with Gasteiger partial charge in [0.1, 0.15) is 17.3 Å². The number of hydrogen-bond acceptors (Lipinski definition) is 7. The molecule has 2 aliphatic heterocycles. The van der Waals surface area contributed by atoms with Crippen LogP contribution in [0.3, 0.4) is 0 Å². The monoisotopic (exact) mass is 468 g/mol. The highest BCUT2D eigenvalue weighted by atomic mass is 32.2. The number of nitrogens with one attached hydrogen (secondary N) is 1. The molecule has 0 unspecified atom stereocenters. The number of ether oxygens (including phenoxy) is 1. The maximum Gasteiger partial charge on any atom is 0.244 e. The molecule has 4 heterocycles. The molecular weight excluding hydrogens is 444 g/mol. The Labute approximate surface area is 191 Å². The van der Waals surface area contributed by atoms with E-state index in [4.69, 9.17) is 4.74 Å². The lowest BCUT2D eigenvalue weighted by Gasteiger charge is -2.39. The highest BCUT2D eigenvalue weighted by Crippen LogP contribution is 2.32. The summed E-state index contributed by atoms with van der Waals surface area (Å²) in [7, 11) is -1.82. The molecule has 10 nitrogen and oxygen atoms in total. The van der Waals surface area contributed by atoms with Crippen molar-refractivity contribution in [1.82, 2.24) is 24.0 Å². The number of aryl methyl sites for hydroxylation is 1. The number of sulfonamides is 1. The summed E-state index contributed by atoms with van der Waals surface area (Å²) in [6, 6.07) is 8.48. The van der Waals surface area contributed by atoms with E-state index in [2.05, 4.69) is 15.4 Å². The second-order valence-electron chi connectivity index (χ2n) is 8.15. The maximum atomic E-state index is 13.1. The van der Waals surface area contributed by atoms with Gasteiger partial charge in [-0.15, -0.1) is 0 Å². The van der Waals surface area contributed by atoms with Gasteiger partial charge in [-0.3, -0.25) is 19.4 Å². The van der Waals surface area contributed by atoms with E-state index in [0.717, 1.165) is 11.1 Å². The molecule has 11 heteroatoms. The number of pyridine rings is 1. The molecule has 5 rings (SSSR count). The molecule has 0 saturated carbocycles. The van der Waals surface area contributed by atoms with E-state index in [-0.39, 0.29) is 36.5 Å². The van der Waals surface area contributed by atoms with E-state index in [0.29, 0.717) is 24.5 Å². The first-order chi connectivity index (χ1) is 15.9. The van der Waals surface area contributed by atoms with Crippen molar-refractivity contribution >= 4 is 21.6 Å². The minimum absolute atomic E-state index is 0.158. The van der Waals surface area contributed by atoms with Crippen LogP contribution in [0.25, 0.3) is 11.1 Å². The first-order valence-electron chi connectivity index (χ1n) is 10.6. The van der Waals surface area contributed by atoms with E-state index in [9.17, 15) is 13.2 Å². The highest BCUT2D eigenvalue weighted by Gasteiger charge is 2.36. The number of amides is 1. The first kappa shape index (κ1) is 21.6. The average molecular weight is 469 g/mol. The SMILES string of the molecule is Cn1cc(-c2ccc3c(c2)NC(=O)CN2CCN(S(=O)(=O)c4cccnc4)C[C@H]2CO3)cn1. The van der Waals surface area contributed by atoms with E-state index in [1.807, 2.05) is 36.3 Å². The van der Waals surface area contributed by atoms with Gasteiger partial charge in [-0.2, -0.15) is 9.40 Å². The third kappa shape index (κ3) is 4.34. The number of rotatable bonds is 3. The third-order valence-corrected chi connectivity index (χ3v) is 7.76. The van der Waals surface area contributed by atoms with Crippen LogP contribution in [0.4, 0.5) is 5.69 Å². The van der Waals surface area contributed by atoms with Gasteiger partial charge in [0.05, 0.1) is 24.5 Å². The fraction of sp³-hybridized carbons (Fsp3) is 0.318. The molecule has 33 heavy (non-hydrogen) atoms. The van der Waals surface area contributed by atoms with E-state index in [1.165, 1.54) is 16.6 Å². The van der Waals surface area contributed by atoms with Crippen molar-refractivity contribution in [3.63, 3.8) is 0 Å². The summed E-state index contributed by atoms with van der Waals surface area (Å²) in [5, 5.41) is 7.15. The van der Waals surface area contributed by atoms with Crippen LogP contribution in [0.1, 0.15) is 0 Å². The number of aromatic nitrogens is 3. The van der Waals surface area contributed by atoms with Gasteiger partial charge in [0.2, 0.25) is 15.9 Å². The number of fused-ring (bicyclic) bond motifs is 2. The summed E-state index contributed by atoms with van der Waals surface area (Å²) in [5.41, 5.74) is 2.43. The van der Waals surface area contributed by atoms with Crippen LogP contribution in [-0.2, 0) is 21.9 Å². The van der Waals surface area contributed by atoms with Crippen molar-refractivity contribution in [2.75, 3.05) is 38.1 Å². The number of carbonyl (C=O) groups is 1. The second kappa shape index (κ2) is 8.58. The average Bonchev–Trinajstić information content (AvgIpc) is 3.27. The van der Waals surface area contributed by atoms with Crippen LogP contribution < -0.4 is 10.1 Å². The molecule has 0 bridgehead atoms. The zero-order valence-electron chi connectivity index (χ0n) is 18.1. The summed E-state index contributed by atoms with van der Waals surface area (Å²) in [6.45, 7) is 1.36. The molecule has 1 atom stereocenters. The summed E-state index contributed by atoms with van der Waals surface area (Å²) in [6.07, 6.45) is 6.55. The Morgan fingerprint density at radius 3 is 2.79 bits per heavy atom. The number of nitrogens with zero attached hydrogens (tertiary/aromatic N) is 5. The fourth-order valence-corrected chi connectivity index (χ4v) is 5.59. The number of piperazine rings is 1. The Bertz CT molecular complexity index is 1280. The Morgan fingerprint density at radius 1 is 1.15 bits per heavy atom. The van der Waals surface area contributed by atoms with Crippen molar-refractivity contribution in [2.45, 2.75) is 10.9 Å². The Kier molecular flexibility index (Phi) is 5.60. The van der Waals surface area contributed by atoms with Crippen LogP contribution in [0.15, 0.2) is 60.0 Å². The normalized spacial score (nSPS) is 19.9. The van der Waals surface area contributed by atoms with Gasteiger partial charge in [-0.05, 0) is 29.8 Å². The first-order valence-corrected chi connectivity index (χ1v) is 12.0. The zero-order chi connectivity index (χ0) is 23.0. The second-order valence-corrected chi connectivity index (χ2v) is 10.1. The zero-order valence-corrected chi connectivity index (χ0v) is 18.9. The maximum absolute atomic E-state index is 13.1. The topological polar surface area (TPSA) is 110 Å².